The maximum Gasteiger partial charge on any atom is 0.165 e. The molecule has 0 aliphatic carbocycles. The molecule has 3 heteroatoms. The van der Waals surface area contributed by atoms with Crippen LogP contribution in [0.2, 0.25) is 0 Å². The Morgan fingerprint density at radius 2 is 2.31 bits per heavy atom. The van der Waals surface area contributed by atoms with E-state index in [1.165, 1.54) is 6.07 Å². The largest absolute Gasteiger partial charge is 0.478 e. The van der Waals surface area contributed by atoms with E-state index < -0.39 is 5.82 Å². The van der Waals surface area contributed by atoms with Crippen LogP contribution in [0.1, 0.15) is 18.9 Å². The van der Waals surface area contributed by atoms with Crippen molar-refractivity contribution in [2.45, 2.75) is 25.8 Å². The molecule has 2 nitrogen and oxygen atoms in total. The average molecular weight is 221 g/mol. The Balaban J connectivity index is 2.89. The van der Waals surface area contributed by atoms with Gasteiger partial charge >= 0.3 is 0 Å². The highest BCUT2D eigenvalue weighted by molar-refractivity contribution is 5.35. The lowest BCUT2D eigenvalue weighted by molar-refractivity contribution is 0.342. The van der Waals surface area contributed by atoms with Crippen LogP contribution in [0.25, 0.3) is 0 Å². The van der Waals surface area contributed by atoms with E-state index in [9.17, 15) is 4.39 Å². The van der Waals surface area contributed by atoms with Crippen LogP contribution >= 0.6 is 0 Å². The van der Waals surface area contributed by atoms with Crippen molar-refractivity contribution in [1.29, 1.82) is 0 Å². The molecule has 1 rings (SSSR count). The number of hydrogen-bond donors (Lipinski definition) is 1. The van der Waals surface area contributed by atoms with E-state index in [0.29, 0.717) is 6.42 Å². The number of halogens is 1. The molecule has 86 valence electrons. The van der Waals surface area contributed by atoms with Gasteiger partial charge < -0.3 is 10.5 Å². The Kier molecular flexibility index (Phi) is 4.81. The number of rotatable bonds is 5. The molecule has 0 aliphatic rings. The standard InChI is InChI=1S/C13H16FNO/c1-3-8-16-13-10(9-11(15)4-2)6-5-7-12(13)14/h1,5-7,11H,4,8-9,15H2,2H3. The number of ether oxygens (including phenoxy) is 1. The zero-order valence-corrected chi connectivity index (χ0v) is 9.37. The van der Waals surface area contributed by atoms with Crippen molar-refractivity contribution in [3.8, 4) is 18.1 Å². The third-order valence-corrected chi connectivity index (χ3v) is 2.35. The Morgan fingerprint density at radius 3 is 2.94 bits per heavy atom. The van der Waals surface area contributed by atoms with Crippen molar-refractivity contribution in [3.05, 3.63) is 29.6 Å². The van der Waals surface area contributed by atoms with E-state index in [1.807, 2.05) is 13.0 Å². The monoisotopic (exact) mass is 221 g/mol. The Hall–Kier alpha value is -1.53. The van der Waals surface area contributed by atoms with Gasteiger partial charge in [0.2, 0.25) is 0 Å². The molecule has 0 spiro atoms. The molecule has 0 radical (unpaired) electrons. The summed E-state index contributed by atoms with van der Waals surface area (Å²) in [5, 5.41) is 0. The molecule has 0 amide bonds. The molecule has 2 N–H and O–H groups in total. The fourth-order valence-electron chi connectivity index (χ4n) is 1.42. The van der Waals surface area contributed by atoms with E-state index in [4.69, 9.17) is 16.9 Å². The van der Waals surface area contributed by atoms with E-state index in [2.05, 4.69) is 5.92 Å². The van der Waals surface area contributed by atoms with Gasteiger partial charge in [0.05, 0.1) is 0 Å². The van der Waals surface area contributed by atoms with Crippen molar-refractivity contribution in [3.63, 3.8) is 0 Å². The number of terminal acetylenes is 1. The van der Waals surface area contributed by atoms with E-state index in [0.717, 1.165) is 12.0 Å². The van der Waals surface area contributed by atoms with Crippen LogP contribution in [0.4, 0.5) is 4.39 Å². The van der Waals surface area contributed by atoms with E-state index >= 15 is 0 Å². The van der Waals surface area contributed by atoms with Crippen LogP contribution in [0.3, 0.4) is 0 Å². The minimum Gasteiger partial charge on any atom is -0.478 e. The summed E-state index contributed by atoms with van der Waals surface area (Å²) in [6, 6.07) is 4.82. The summed E-state index contributed by atoms with van der Waals surface area (Å²) in [7, 11) is 0. The number of benzene rings is 1. The molecule has 0 saturated carbocycles. The molecule has 1 aromatic rings. The summed E-state index contributed by atoms with van der Waals surface area (Å²) in [6.07, 6.45) is 6.51. The quantitative estimate of drug-likeness (QED) is 0.773. The minimum absolute atomic E-state index is 0.00925. The fourth-order valence-corrected chi connectivity index (χ4v) is 1.42. The second-order valence-electron chi connectivity index (χ2n) is 3.59. The normalized spacial score (nSPS) is 11.9. The summed E-state index contributed by atoms with van der Waals surface area (Å²) in [5.74, 6) is 2.15. The van der Waals surface area contributed by atoms with Gasteiger partial charge in [-0.3, -0.25) is 0 Å². The molecule has 1 aromatic carbocycles. The molecule has 1 atom stereocenters. The highest BCUT2D eigenvalue weighted by Gasteiger charge is 2.11. The van der Waals surface area contributed by atoms with Crippen molar-refractivity contribution >= 4 is 0 Å². The molecule has 16 heavy (non-hydrogen) atoms. The van der Waals surface area contributed by atoms with Gasteiger partial charge in [-0.15, -0.1) is 6.42 Å². The van der Waals surface area contributed by atoms with Gasteiger partial charge in [-0.2, -0.15) is 0 Å². The molecule has 0 aliphatic heterocycles. The number of para-hydroxylation sites is 1. The van der Waals surface area contributed by atoms with Gasteiger partial charge in [0.15, 0.2) is 11.6 Å². The molecule has 0 saturated heterocycles. The molecule has 0 fully saturated rings. The lowest BCUT2D eigenvalue weighted by atomic mass is 10.0. The first-order valence-electron chi connectivity index (χ1n) is 5.28. The number of nitrogens with two attached hydrogens (primary N) is 1. The third kappa shape index (κ3) is 3.25. The van der Waals surface area contributed by atoms with Crippen molar-refractivity contribution in [2.24, 2.45) is 5.73 Å². The summed E-state index contributed by atoms with van der Waals surface area (Å²) in [6.45, 7) is 2.06. The maximum atomic E-state index is 13.5. The van der Waals surface area contributed by atoms with E-state index in [-0.39, 0.29) is 18.4 Å². The van der Waals surface area contributed by atoms with Crippen molar-refractivity contribution in [1.82, 2.24) is 0 Å². The van der Waals surface area contributed by atoms with Crippen LogP contribution < -0.4 is 10.5 Å². The minimum atomic E-state index is -0.393. The first-order valence-corrected chi connectivity index (χ1v) is 5.28. The summed E-state index contributed by atoms with van der Waals surface area (Å²) >= 11 is 0. The SMILES string of the molecule is C#CCOc1c(F)cccc1CC(N)CC. The predicted octanol–water partition coefficient (Wildman–Crippen LogP) is 2.12. The summed E-state index contributed by atoms with van der Waals surface area (Å²) in [5.41, 5.74) is 6.60. The third-order valence-electron chi connectivity index (χ3n) is 2.35. The highest BCUT2D eigenvalue weighted by atomic mass is 19.1. The lowest BCUT2D eigenvalue weighted by Gasteiger charge is -2.13. The zero-order chi connectivity index (χ0) is 12.0. The Labute approximate surface area is 95.6 Å². The van der Waals surface area contributed by atoms with Crippen LogP contribution in [-0.2, 0) is 6.42 Å². The van der Waals surface area contributed by atoms with Gasteiger partial charge in [-0.25, -0.2) is 4.39 Å². The molecule has 1 unspecified atom stereocenters. The fraction of sp³-hybridized carbons (Fsp3) is 0.385. The molecule has 0 bridgehead atoms. The lowest BCUT2D eigenvalue weighted by Crippen LogP contribution is -2.22. The second kappa shape index (κ2) is 6.14. The van der Waals surface area contributed by atoms with Crippen LogP contribution in [-0.4, -0.2) is 12.6 Å². The smallest absolute Gasteiger partial charge is 0.165 e. The Morgan fingerprint density at radius 1 is 1.56 bits per heavy atom. The van der Waals surface area contributed by atoms with Gasteiger partial charge in [-0.05, 0) is 24.5 Å². The van der Waals surface area contributed by atoms with Gasteiger partial charge in [0, 0.05) is 6.04 Å². The second-order valence-corrected chi connectivity index (χ2v) is 3.59. The zero-order valence-electron chi connectivity index (χ0n) is 9.37. The average Bonchev–Trinajstić information content (AvgIpc) is 2.28. The molecular formula is C13H16FNO. The Bertz CT molecular complexity index is 384. The topological polar surface area (TPSA) is 35.2 Å². The molecular weight excluding hydrogens is 205 g/mol. The van der Waals surface area contributed by atoms with Crippen molar-refractivity contribution in [2.75, 3.05) is 6.61 Å². The highest BCUT2D eigenvalue weighted by Crippen LogP contribution is 2.24. The van der Waals surface area contributed by atoms with Gasteiger partial charge in [0.25, 0.3) is 0 Å². The van der Waals surface area contributed by atoms with Gasteiger partial charge in [-0.1, -0.05) is 25.0 Å². The van der Waals surface area contributed by atoms with E-state index in [1.54, 1.807) is 6.07 Å². The first-order chi connectivity index (χ1) is 7.69. The predicted molar refractivity (Wildman–Crippen MR) is 62.7 cm³/mol. The summed E-state index contributed by atoms with van der Waals surface area (Å²) in [4.78, 5) is 0. The van der Waals surface area contributed by atoms with Crippen LogP contribution in [0.15, 0.2) is 18.2 Å². The van der Waals surface area contributed by atoms with Crippen LogP contribution in [0, 0.1) is 18.2 Å². The molecule has 0 aromatic heterocycles. The summed E-state index contributed by atoms with van der Waals surface area (Å²) < 4.78 is 18.7. The molecule has 0 heterocycles. The first kappa shape index (κ1) is 12.5. The number of hydrogen-bond acceptors (Lipinski definition) is 2. The van der Waals surface area contributed by atoms with Crippen molar-refractivity contribution < 1.29 is 9.13 Å². The van der Waals surface area contributed by atoms with Crippen LogP contribution in [0.5, 0.6) is 5.75 Å². The van der Waals surface area contributed by atoms with Gasteiger partial charge in [0.1, 0.15) is 6.61 Å². The maximum absolute atomic E-state index is 13.5.